The number of anilines is 1. The lowest BCUT2D eigenvalue weighted by Gasteiger charge is -2.20. The lowest BCUT2D eigenvalue weighted by molar-refractivity contribution is 0.217. The van der Waals surface area contributed by atoms with E-state index in [1.54, 1.807) is 0 Å². The van der Waals surface area contributed by atoms with Crippen LogP contribution in [-0.4, -0.2) is 18.8 Å². The Balaban J connectivity index is 1.87. The Labute approximate surface area is 158 Å². The third-order valence-electron chi connectivity index (χ3n) is 4.40. The molecule has 0 spiro atoms. The van der Waals surface area contributed by atoms with E-state index in [4.69, 9.17) is 9.47 Å². The summed E-state index contributed by atoms with van der Waals surface area (Å²) in [5, 5.41) is 3.43. The predicted octanol–water partition coefficient (Wildman–Crippen LogP) is 6.04. The van der Waals surface area contributed by atoms with Crippen LogP contribution in [0, 0.1) is 0 Å². The molecular weight excluding hydrogens is 322 g/mol. The first-order valence-corrected chi connectivity index (χ1v) is 9.55. The summed E-state index contributed by atoms with van der Waals surface area (Å²) >= 11 is 0. The van der Waals surface area contributed by atoms with Crippen LogP contribution in [0.15, 0.2) is 48.5 Å². The Kier molecular flexibility index (Phi) is 6.96. The quantitative estimate of drug-likeness (QED) is 0.626. The average molecular weight is 356 g/mol. The van der Waals surface area contributed by atoms with Crippen LogP contribution in [0.4, 0.5) is 5.69 Å². The zero-order valence-corrected chi connectivity index (χ0v) is 17.0. The van der Waals surface area contributed by atoms with Crippen molar-refractivity contribution in [3.8, 4) is 11.5 Å². The van der Waals surface area contributed by atoms with Gasteiger partial charge < -0.3 is 14.8 Å². The van der Waals surface area contributed by atoms with Crippen LogP contribution in [0.5, 0.6) is 11.5 Å². The molecule has 0 amide bonds. The molecule has 0 heterocycles. The number of rotatable bonds is 8. The van der Waals surface area contributed by atoms with Crippen molar-refractivity contribution in [3.05, 3.63) is 54.1 Å². The first-order valence-electron chi connectivity index (χ1n) is 9.55. The number of hydrogen-bond acceptors (Lipinski definition) is 3. The highest BCUT2D eigenvalue weighted by Gasteiger charge is 2.13. The van der Waals surface area contributed by atoms with Gasteiger partial charge in [0.1, 0.15) is 17.6 Å². The van der Waals surface area contributed by atoms with Crippen LogP contribution in [-0.2, 0) is 5.41 Å². The van der Waals surface area contributed by atoms with Crippen LogP contribution >= 0.6 is 0 Å². The van der Waals surface area contributed by atoms with E-state index < -0.39 is 0 Å². The fourth-order valence-corrected chi connectivity index (χ4v) is 2.56. The smallest absolute Gasteiger partial charge is 0.121 e. The Morgan fingerprint density at radius 3 is 2.15 bits per heavy atom. The molecule has 0 radical (unpaired) electrons. The lowest BCUT2D eigenvalue weighted by Crippen LogP contribution is -2.22. The van der Waals surface area contributed by atoms with Gasteiger partial charge in [0, 0.05) is 11.8 Å². The van der Waals surface area contributed by atoms with Crippen LogP contribution in [0.25, 0.3) is 0 Å². The maximum Gasteiger partial charge on any atom is 0.121 e. The molecule has 0 aliphatic carbocycles. The second kappa shape index (κ2) is 8.98. The van der Waals surface area contributed by atoms with Crippen molar-refractivity contribution < 1.29 is 9.47 Å². The van der Waals surface area contributed by atoms with E-state index in [0.717, 1.165) is 30.2 Å². The topological polar surface area (TPSA) is 30.5 Å². The van der Waals surface area contributed by atoms with E-state index >= 15 is 0 Å². The molecular formula is C23H33NO2. The van der Waals surface area contributed by atoms with E-state index in [9.17, 15) is 0 Å². The average Bonchev–Trinajstić information content (AvgIpc) is 2.60. The molecule has 0 saturated carbocycles. The largest absolute Gasteiger partial charge is 0.491 e. The van der Waals surface area contributed by atoms with Gasteiger partial charge in [0.05, 0.1) is 12.6 Å². The van der Waals surface area contributed by atoms with Crippen molar-refractivity contribution in [1.82, 2.24) is 0 Å². The minimum atomic E-state index is 0.0645. The fraction of sp³-hybridized carbons (Fsp3) is 0.478. The maximum atomic E-state index is 6.02. The highest BCUT2D eigenvalue weighted by atomic mass is 16.5. The van der Waals surface area contributed by atoms with Crippen molar-refractivity contribution in [1.29, 1.82) is 0 Å². The molecule has 2 aromatic carbocycles. The van der Waals surface area contributed by atoms with Gasteiger partial charge in [0.2, 0.25) is 0 Å². The van der Waals surface area contributed by atoms with E-state index in [0.29, 0.717) is 0 Å². The predicted molar refractivity (Wildman–Crippen MR) is 111 cm³/mol. The summed E-state index contributed by atoms with van der Waals surface area (Å²) in [5.41, 5.74) is 2.52. The van der Waals surface area contributed by atoms with Crippen LogP contribution in [0.3, 0.4) is 0 Å². The Morgan fingerprint density at radius 1 is 0.885 bits per heavy atom. The molecule has 2 unspecified atom stereocenters. The van der Waals surface area contributed by atoms with E-state index in [1.165, 1.54) is 5.56 Å². The zero-order chi connectivity index (χ0) is 19.2. The molecule has 3 heteroatoms. The normalized spacial score (nSPS) is 13.8. The summed E-state index contributed by atoms with van der Waals surface area (Å²) in [7, 11) is 0. The monoisotopic (exact) mass is 355 g/mol. The van der Waals surface area contributed by atoms with Gasteiger partial charge in [-0.3, -0.25) is 0 Å². The molecule has 0 saturated heterocycles. The van der Waals surface area contributed by atoms with Gasteiger partial charge in [0.25, 0.3) is 0 Å². The number of hydrogen-bond donors (Lipinski definition) is 1. The molecule has 0 fully saturated rings. The van der Waals surface area contributed by atoms with Gasteiger partial charge in [-0.1, -0.05) is 45.9 Å². The summed E-state index contributed by atoms with van der Waals surface area (Å²) in [5.74, 6) is 1.80. The standard InChI is InChI=1S/C23H33NO2/c1-7-17(2)25-22-10-8-9-20(15-22)24-16-18(3)26-21-13-11-19(12-14-21)23(4,5)6/h8-15,17-18,24H,7,16H2,1-6H3. The van der Waals surface area contributed by atoms with Gasteiger partial charge in [-0.25, -0.2) is 0 Å². The number of benzene rings is 2. The Morgan fingerprint density at radius 2 is 1.54 bits per heavy atom. The second-order valence-corrected chi connectivity index (χ2v) is 7.95. The summed E-state index contributed by atoms with van der Waals surface area (Å²) in [4.78, 5) is 0. The molecule has 2 aromatic rings. The summed E-state index contributed by atoms with van der Waals surface area (Å²) in [6.07, 6.45) is 1.29. The number of ether oxygens (including phenoxy) is 2. The SMILES string of the molecule is CCC(C)Oc1cccc(NCC(C)Oc2ccc(C(C)(C)C)cc2)c1. The van der Waals surface area contributed by atoms with Gasteiger partial charge in [-0.2, -0.15) is 0 Å². The summed E-state index contributed by atoms with van der Waals surface area (Å²) < 4.78 is 11.9. The zero-order valence-electron chi connectivity index (χ0n) is 17.0. The summed E-state index contributed by atoms with van der Waals surface area (Å²) in [6.45, 7) is 13.7. The minimum absolute atomic E-state index is 0.0645. The molecule has 142 valence electrons. The molecule has 0 aliphatic heterocycles. The molecule has 0 bridgehead atoms. The van der Waals surface area contributed by atoms with Crippen LogP contribution < -0.4 is 14.8 Å². The van der Waals surface area contributed by atoms with E-state index in [2.05, 4.69) is 71.1 Å². The van der Waals surface area contributed by atoms with Crippen molar-refractivity contribution >= 4 is 5.69 Å². The third-order valence-corrected chi connectivity index (χ3v) is 4.40. The van der Waals surface area contributed by atoms with Crippen molar-refractivity contribution in [3.63, 3.8) is 0 Å². The van der Waals surface area contributed by atoms with Gasteiger partial charge in [0.15, 0.2) is 0 Å². The van der Waals surface area contributed by atoms with Gasteiger partial charge >= 0.3 is 0 Å². The molecule has 1 N–H and O–H groups in total. The van der Waals surface area contributed by atoms with E-state index in [-0.39, 0.29) is 17.6 Å². The lowest BCUT2D eigenvalue weighted by atomic mass is 9.87. The van der Waals surface area contributed by atoms with E-state index in [1.807, 2.05) is 24.3 Å². The molecule has 0 aliphatic rings. The first kappa shape index (κ1) is 20.2. The molecule has 0 aromatic heterocycles. The first-order chi connectivity index (χ1) is 12.3. The Hall–Kier alpha value is -2.16. The van der Waals surface area contributed by atoms with Crippen LogP contribution in [0.2, 0.25) is 0 Å². The molecule has 26 heavy (non-hydrogen) atoms. The van der Waals surface area contributed by atoms with Crippen molar-refractivity contribution in [2.24, 2.45) is 0 Å². The van der Waals surface area contributed by atoms with Crippen molar-refractivity contribution in [2.75, 3.05) is 11.9 Å². The molecule has 3 nitrogen and oxygen atoms in total. The number of nitrogens with one attached hydrogen (secondary N) is 1. The van der Waals surface area contributed by atoms with Crippen molar-refractivity contribution in [2.45, 2.75) is 65.6 Å². The highest BCUT2D eigenvalue weighted by Crippen LogP contribution is 2.25. The van der Waals surface area contributed by atoms with Gasteiger partial charge in [-0.05, 0) is 55.5 Å². The molecule has 2 atom stereocenters. The second-order valence-electron chi connectivity index (χ2n) is 7.95. The maximum absolute atomic E-state index is 6.02. The Bertz CT molecular complexity index is 673. The van der Waals surface area contributed by atoms with Crippen LogP contribution in [0.1, 0.15) is 53.5 Å². The molecule has 2 rings (SSSR count). The summed E-state index contributed by atoms with van der Waals surface area (Å²) in [6, 6.07) is 16.5. The third kappa shape index (κ3) is 6.29. The minimum Gasteiger partial charge on any atom is -0.491 e. The van der Waals surface area contributed by atoms with Gasteiger partial charge in [-0.15, -0.1) is 0 Å². The highest BCUT2D eigenvalue weighted by molar-refractivity contribution is 5.48. The fourth-order valence-electron chi connectivity index (χ4n) is 2.56.